The number of methoxy groups -OCH3 is 2. The van der Waals surface area contributed by atoms with Crippen molar-refractivity contribution >= 4 is 23.0 Å². The Balaban J connectivity index is 1.74. The van der Waals surface area contributed by atoms with E-state index in [1.807, 2.05) is 42.5 Å². The standard InChI is InChI=1S/C21H20N4O2S/c1-26-18-10-6-5-9-16(18)20-23-24-21(28)25(20)22-13-17-15-8-4-3-7-14(15)11-12-19(17)27-2/h3-12,22H,13H2,1-2H3,(H,24,28). The molecule has 0 aliphatic carbocycles. The second-order valence-corrected chi connectivity index (χ2v) is 6.58. The molecule has 4 aromatic rings. The predicted octanol–water partition coefficient (Wildman–Crippen LogP) is 4.52. The molecule has 0 atom stereocenters. The molecule has 1 heterocycles. The lowest BCUT2D eigenvalue weighted by Crippen LogP contribution is -2.17. The van der Waals surface area contributed by atoms with Gasteiger partial charge in [-0.15, -0.1) is 0 Å². The summed E-state index contributed by atoms with van der Waals surface area (Å²) >= 11 is 5.44. The van der Waals surface area contributed by atoms with Crippen LogP contribution in [0.2, 0.25) is 0 Å². The van der Waals surface area contributed by atoms with Crippen molar-refractivity contribution in [1.29, 1.82) is 0 Å². The average molecular weight is 392 g/mol. The van der Waals surface area contributed by atoms with Crippen LogP contribution in [-0.4, -0.2) is 29.1 Å². The number of ether oxygens (including phenoxy) is 2. The Bertz CT molecular complexity index is 1180. The monoisotopic (exact) mass is 392 g/mol. The second kappa shape index (κ2) is 7.74. The highest BCUT2D eigenvalue weighted by molar-refractivity contribution is 7.71. The van der Waals surface area contributed by atoms with E-state index in [0.29, 0.717) is 17.1 Å². The molecule has 0 amide bonds. The number of rotatable bonds is 6. The van der Waals surface area contributed by atoms with Gasteiger partial charge in [0.15, 0.2) is 5.82 Å². The quantitative estimate of drug-likeness (QED) is 0.472. The van der Waals surface area contributed by atoms with Crippen LogP contribution in [0.4, 0.5) is 0 Å². The Hall–Kier alpha value is -3.32. The third kappa shape index (κ3) is 3.20. The van der Waals surface area contributed by atoms with Gasteiger partial charge in [0, 0.05) is 5.56 Å². The molecule has 7 heteroatoms. The third-order valence-corrected chi connectivity index (χ3v) is 4.93. The summed E-state index contributed by atoms with van der Waals surface area (Å²) in [7, 11) is 3.32. The summed E-state index contributed by atoms with van der Waals surface area (Å²) < 4.78 is 13.3. The summed E-state index contributed by atoms with van der Waals surface area (Å²) in [6.07, 6.45) is 0. The van der Waals surface area contributed by atoms with Crippen molar-refractivity contribution in [1.82, 2.24) is 14.9 Å². The average Bonchev–Trinajstić information content (AvgIpc) is 3.11. The van der Waals surface area contributed by atoms with Crippen molar-refractivity contribution in [2.75, 3.05) is 19.6 Å². The molecule has 0 saturated heterocycles. The molecule has 0 unspecified atom stereocenters. The first-order chi connectivity index (χ1) is 13.7. The molecule has 28 heavy (non-hydrogen) atoms. The summed E-state index contributed by atoms with van der Waals surface area (Å²) in [5.74, 6) is 2.20. The first-order valence-corrected chi connectivity index (χ1v) is 9.23. The molecular formula is C21H20N4O2S. The van der Waals surface area contributed by atoms with Gasteiger partial charge in [-0.05, 0) is 41.2 Å². The molecule has 2 N–H and O–H groups in total. The van der Waals surface area contributed by atoms with E-state index < -0.39 is 0 Å². The highest BCUT2D eigenvalue weighted by Crippen LogP contribution is 2.30. The molecule has 142 valence electrons. The minimum Gasteiger partial charge on any atom is -0.496 e. The fourth-order valence-electron chi connectivity index (χ4n) is 3.30. The minimum atomic E-state index is 0.472. The lowest BCUT2D eigenvalue weighted by molar-refractivity contribution is 0.410. The van der Waals surface area contributed by atoms with Crippen LogP contribution in [-0.2, 0) is 6.54 Å². The molecule has 0 radical (unpaired) electrons. The van der Waals surface area contributed by atoms with Gasteiger partial charge >= 0.3 is 0 Å². The minimum absolute atomic E-state index is 0.472. The summed E-state index contributed by atoms with van der Waals surface area (Å²) in [4.78, 5) is 0. The molecule has 0 bridgehead atoms. The van der Waals surface area contributed by atoms with Crippen LogP contribution in [0.3, 0.4) is 0 Å². The van der Waals surface area contributed by atoms with Gasteiger partial charge in [0.05, 0.1) is 26.3 Å². The molecule has 0 fully saturated rings. The second-order valence-electron chi connectivity index (χ2n) is 6.19. The van der Waals surface area contributed by atoms with Crippen molar-refractivity contribution < 1.29 is 9.47 Å². The maximum absolute atomic E-state index is 5.59. The van der Waals surface area contributed by atoms with Crippen molar-refractivity contribution in [3.05, 3.63) is 71.0 Å². The van der Waals surface area contributed by atoms with E-state index >= 15 is 0 Å². The number of aromatic nitrogens is 3. The highest BCUT2D eigenvalue weighted by Gasteiger charge is 2.15. The van der Waals surface area contributed by atoms with Crippen LogP contribution in [0.15, 0.2) is 60.7 Å². The Morgan fingerprint density at radius 3 is 2.54 bits per heavy atom. The van der Waals surface area contributed by atoms with Crippen LogP contribution in [0, 0.1) is 4.77 Å². The number of hydrogen-bond donors (Lipinski definition) is 2. The van der Waals surface area contributed by atoms with E-state index in [9.17, 15) is 0 Å². The Kier molecular flexibility index (Phi) is 4.99. The van der Waals surface area contributed by atoms with Gasteiger partial charge in [0.25, 0.3) is 0 Å². The first kappa shape index (κ1) is 18.1. The maximum atomic E-state index is 5.59. The number of fused-ring (bicyclic) bond motifs is 1. The van der Waals surface area contributed by atoms with Gasteiger partial charge in [-0.25, -0.2) is 9.77 Å². The zero-order chi connectivity index (χ0) is 19.5. The molecule has 0 aliphatic rings. The first-order valence-electron chi connectivity index (χ1n) is 8.82. The van der Waals surface area contributed by atoms with Gasteiger partial charge in [0.1, 0.15) is 11.5 Å². The molecule has 1 aromatic heterocycles. The molecule has 3 aromatic carbocycles. The molecular weight excluding hydrogens is 372 g/mol. The van der Waals surface area contributed by atoms with E-state index in [0.717, 1.165) is 33.4 Å². The van der Waals surface area contributed by atoms with Crippen molar-refractivity contribution in [3.63, 3.8) is 0 Å². The number of hydrogen-bond acceptors (Lipinski definition) is 5. The van der Waals surface area contributed by atoms with Crippen LogP contribution >= 0.6 is 12.2 Å². The Labute approximate surface area is 167 Å². The lowest BCUT2D eigenvalue weighted by atomic mass is 10.0. The van der Waals surface area contributed by atoms with E-state index in [2.05, 4.69) is 33.8 Å². The van der Waals surface area contributed by atoms with Crippen molar-refractivity contribution in [2.24, 2.45) is 0 Å². The smallest absolute Gasteiger partial charge is 0.214 e. The van der Waals surface area contributed by atoms with Crippen LogP contribution in [0.1, 0.15) is 5.56 Å². The SMILES string of the molecule is COc1ccccc1-c1n[nH]c(=S)n1NCc1c(OC)ccc2ccccc12. The van der Waals surface area contributed by atoms with Gasteiger partial charge in [-0.3, -0.25) is 0 Å². The number of nitrogens with one attached hydrogen (secondary N) is 2. The maximum Gasteiger partial charge on any atom is 0.214 e. The van der Waals surface area contributed by atoms with Crippen LogP contribution in [0.25, 0.3) is 22.2 Å². The van der Waals surface area contributed by atoms with Gasteiger partial charge < -0.3 is 14.9 Å². The molecule has 4 rings (SSSR count). The molecule has 6 nitrogen and oxygen atoms in total. The normalized spacial score (nSPS) is 10.8. The molecule has 0 saturated carbocycles. The molecule has 0 aliphatic heterocycles. The summed E-state index contributed by atoms with van der Waals surface area (Å²) in [5.41, 5.74) is 5.27. The van der Waals surface area contributed by atoms with Crippen LogP contribution < -0.4 is 14.9 Å². The summed E-state index contributed by atoms with van der Waals surface area (Å²) in [6.45, 7) is 0.514. The lowest BCUT2D eigenvalue weighted by Gasteiger charge is -2.15. The highest BCUT2D eigenvalue weighted by atomic mass is 32.1. The van der Waals surface area contributed by atoms with E-state index in [-0.39, 0.29) is 0 Å². The van der Waals surface area contributed by atoms with Crippen molar-refractivity contribution in [3.8, 4) is 22.9 Å². The number of benzene rings is 3. The van der Waals surface area contributed by atoms with E-state index in [1.54, 1.807) is 18.9 Å². The van der Waals surface area contributed by atoms with Crippen LogP contribution in [0.5, 0.6) is 11.5 Å². The van der Waals surface area contributed by atoms with Gasteiger partial charge in [-0.1, -0.05) is 42.5 Å². The van der Waals surface area contributed by atoms with Gasteiger partial charge in [-0.2, -0.15) is 5.10 Å². The zero-order valence-electron chi connectivity index (χ0n) is 15.6. The number of nitrogens with zero attached hydrogens (tertiary/aromatic N) is 2. The van der Waals surface area contributed by atoms with E-state index in [1.165, 1.54) is 0 Å². The van der Waals surface area contributed by atoms with Crippen molar-refractivity contribution in [2.45, 2.75) is 6.54 Å². The Morgan fingerprint density at radius 1 is 0.964 bits per heavy atom. The zero-order valence-corrected chi connectivity index (χ0v) is 16.4. The van der Waals surface area contributed by atoms with Gasteiger partial charge in [0.2, 0.25) is 4.77 Å². The third-order valence-electron chi connectivity index (χ3n) is 4.65. The predicted molar refractivity (Wildman–Crippen MR) is 113 cm³/mol. The number of para-hydroxylation sites is 1. The summed E-state index contributed by atoms with van der Waals surface area (Å²) in [5, 5.41) is 9.52. The number of H-pyrrole nitrogens is 1. The molecule has 0 spiro atoms. The summed E-state index contributed by atoms with van der Waals surface area (Å²) in [6, 6.07) is 20.0. The fourth-order valence-corrected chi connectivity index (χ4v) is 3.50. The largest absolute Gasteiger partial charge is 0.496 e. The van der Waals surface area contributed by atoms with E-state index in [4.69, 9.17) is 21.7 Å². The Morgan fingerprint density at radius 2 is 1.71 bits per heavy atom. The fraction of sp³-hybridized carbons (Fsp3) is 0.143. The number of aromatic amines is 1. The topological polar surface area (TPSA) is 64.1 Å².